The molecule has 1 aliphatic heterocycles. The van der Waals surface area contributed by atoms with Crippen LogP contribution in [0.3, 0.4) is 0 Å². The number of ether oxygens (including phenoxy) is 1. The molecule has 5 nitrogen and oxygen atoms in total. The summed E-state index contributed by atoms with van der Waals surface area (Å²) in [7, 11) is 0. The van der Waals surface area contributed by atoms with Gasteiger partial charge in [-0.2, -0.15) is 5.26 Å². The van der Waals surface area contributed by atoms with Gasteiger partial charge in [0.1, 0.15) is 17.4 Å². The SMILES string of the molecule is CC(C)CC(=O)N1CCC[C@@H](COc2cccc(N)c2C#N)C1. The van der Waals surface area contributed by atoms with Gasteiger partial charge in [-0.3, -0.25) is 4.79 Å². The third kappa shape index (κ3) is 4.62. The number of hydrogen-bond donors (Lipinski definition) is 1. The van der Waals surface area contributed by atoms with E-state index in [-0.39, 0.29) is 5.91 Å². The van der Waals surface area contributed by atoms with Crippen molar-refractivity contribution >= 4 is 11.6 Å². The third-order valence-corrected chi connectivity index (χ3v) is 4.10. The summed E-state index contributed by atoms with van der Waals surface area (Å²) in [5.41, 5.74) is 6.61. The number of nitrogens with two attached hydrogens (primary N) is 1. The van der Waals surface area contributed by atoms with Crippen molar-refractivity contribution in [3.63, 3.8) is 0 Å². The Morgan fingerprint density at radius 2 is 2.30 bits per heavy atom. The summed E-state index contributed by atoms with van der Waals surface area (Å²) < 4.78 is 5.82. The number of carbonyl (C=O) groups excluding carboxylic acids is 1. The number of rotatable bonds is 5. The monoisotopic (exact) mass is 315 g/mol. The Morgan fingerprint density at radius 3 is 3.00 bits per heavy atom. The summed E-state index contributed by atoms with van der Waals surface area (Å²) in [4.78, 5) is 14.1. The average molecular weight is 315 g/mol. The summed E-state index contributed by atoms with van der Waals surface area (Å²) in [6.07, 6.45) is 2.64. The topological polar surface area (TPSA) is 79.3 Å². The lowest BCUT2D eigenvalue weighted by Crippen LogP contribution is -2.42. The van der Waals surface area contributed by atoms with Crippen LogP contribution in [0.4, 0.5) is 5.69 Å². The fourth-order valence-electron chi connectivity index (χ4n) is 2.90. The maximum atomic E-state index is 12.2. The molecule has 0 bridgehead atoms. The quantitative estimate of drug-likeness (QED) is 0.847. The minimum Gasteiger partial charge on any atom is -0.492 e. The number of nitriles is 1. The van der Waals surface area contributed by atoms with Gasteiger partial charge in [-0.1, -0.05) is 19.9 Å². The molecule has 1 aromatic carbocycles. The van der Waals surface area contributed by atoms with E-state index < -0.39 is 0 Å². The molecular formula is C18H25N3O2. The number of piperidine rings is 1. The average Bonchev–Trinajstić information content (AvgIpc) is 2.52. The van der Waals surface area contributed by atoms with E-state index in [0.29, 0.717) is 41.9 Å². The summed E-state index contributed by atoms with van der Waals surface area (Å²) in [6.45, 7) is 6.19. The van der Waals surface area contributed by atoms with Crippen molar-refractivity contribution in [3.8, 4) is 11.8 Å². The zero-order chi connectivity index (χ0) is 16.8. The lowest BCUT2D eigenvalue weighted by atomic mass is 9.98. The molecule has 1 aliphatic rings. The maximum absolute atomic E-state index is 12.2. The molecular weight excluding hydrogens is 290 g/mol. The predicted octanol–water partition coefficient (Wildman–Crippen LogP) is 2.80. The van der Waals surface area contributed by atoms with Crippen molar-refractivity contribution in [1.29, 1.82) is 5.26 Å². The minimum absolute atomic E-state index is 0.228. The van der Waals surface area contributed by atoms with Crippen molar-refractivity contribution in [2.24, 2.45) is 11.8 Å². The number of hydrogen-bond acceptors (Lipinski definition) is 4. The predicted molar refractivity (Wildman–Crippen MR) is 89.8 cm³/mol. The molecule has 1 heterocycles. The van der Waals surface area contributed by atoms with Gasteiger partial charge >= 0.3 is 0 Å². The van der Waals surface area contributed by atoms with Crippen LogP contribution in [0.2, 0.25) is 0 Å². The Morgan fingerprint density at radius 1 is 1.52 bits per heavy atom. The molecule has 5 heteroatoms. The Hall–Kier alpha value is -2.22. The van der Waals surface area contributed by atoms with E-state index in [0.717, 1.165) is 25.9 Å². The maximum Gasteiger partial charge on any atom is 0.222 e. The highest BCUT2D eigenvalue weighted by molar-refractivity contribution is 5.76. The number of benzene rings is 1. The van der Waals surface area contributed by atoms with Crippen LogP contribution in [0.1, 0.15) is 38.7 Å². The van der Waals surface area contributed by atoms with Crippen LogP contribution >= 0.6 is 0 Å². The van der Waals surface area contributed by atoms with Crippen molar-refractivity contribution in [2.45, 2.75) is 33.1 Å². The van der Waals surface area contributed by atoms with Crippen molar-refractivity contribution in [3.05, 3.63) is 23.8 Å². The first kappa shape index (κ1) is 17.1. The highest BCUT2D eigenvalue weighted by atomic mass is 16.5. The number of amides is 1. The van der Waals surface area contributed by atoms with Gasteiger partial charge < -0.3 is 15.4 Å². The first-order valence-corrected chi connectivity index (χ1v) is 8.20. The van der Waals surface area contributed by atoms with Gasteiger partial charge in [-0.15, -0.1) is 0 Å². The van der Waals surface area contributed by atoms with E-state index in [4.69, 9.17) is 10.5 Å². The molecule has 2 rings (SSSR count). The third-order valence-electron chi connectivity index (χ3n) is 4.10. The molecule has 1 fully saturated rings. The van der Waals surface area contributed by atoms with Gasteiger partial charge in [0.15, 0.2) is 0 Å². The summed E-state index contributed by atoms with van der Waals surface area (Å²) in [5.74, 6) is 1.43. The molecule has 1 aromatic rings. The Balaban J connectivity index is 1.93. The second kappa shape index (κ2) is 7.87. The van der Waals surface area contributed by atoms with Crippen molar-refractivity contribution < 1.29 is 9.53 Å². The first-order valence-electron chi connectivity index (χ1n) is 8.20. The van der Waals surface area contributed by atoms with Crippen molar-refractivity contribution in [2.75, 3.05) is 25.4 Å². The van der Waals surface area contributed by atoms with Gasteiger partial charge in [-0.05, 0) is 30.9 Å². The molecule has 1 saturated heterocycles. The van der Waals surface area contributed by atoms with E-state index in [1.807, 2.05) is 4.90 Å². The smallest absolute Gasteiger partial charge is 0.222 e. The zero-order valence-electron chi connectivity index (χ0n) is 13.9. The van der Waals surface area contributed by atoms with E-state index in [1.165, 1.54) is 0 Å². The van der Waals surface area contributed by atoms with Crippen LogP contribution in [0.15, 0.2) is 18.2 Å². The van der Waals surface area contributed by atoms with Crippen LogP contribution in [0, 0.1) is 23.2 Å². The largest absolute Gasteiger partial charge is 0.492 e. The molecule has 0 radical (unpaired) electrons. The normalized spacial score (nSPS) is 17.8. The Kier molecular flexibility index (Phi) is 5.86. The lowest BCUT2D eigenvalue weighted by Gasteiger charge is -2.33. The second-order valence-corrected chi connectivity index (χ2v) is 6.59. The fourth-order valence-corrected chi connectivity index (χ4v) is 2.90. The van der Waals surface area contributed by atoms with Crippen molar-refractivity contribution in [1.82, 2.24) is 4.90 Å². The molecule has 2 N–H and O–H groups in total. The minimum atomic E-state index is 0.228. The molecule has 1 amide bonds. The van der Waals surface area contributed by atoms with Gasteiger partial charge in [0.05, 0.1) is 12.3 Å². The molecule has 0 unspecified atom stereocenters. The standard InChI is InChI=1S/C18H25N3O2/c1-13(2)9-18(22)21-8-4-5-14(11-21)12-23-17-7-3-6-16(20)15(17)10-19/h3,6-7,13-14H,4-5,8-9,11-12,20H2,1-2H3/t14-/m1/s1. The summed E-state index contributed by atoms with van der Waals surface area (Å²) in [6, 6.07) is 7.32. The highest BCUT2D eigenvalue weighted by Gasteiger charge is 2.24. The van der Waals surface area contributed by atoms with Gasteiger partial charge in [0.25, 0.3) is 0 Å². The second-order valence-electron chi connectivity index (χ2n) is 6.59. The van der Waals surface area contributed by atoms with Crippen LogP contribution in [0.5, 0.6) is 5.75 Å². The summed E-state index contributed by atoms with van der Waals surface area (Å²) >= 11 is 0. The van der Waals surface area contributed by atoms with E-state index in [1.54, 1.807) is 18.2 Å². The van der Waals surface area contributed by atoms with Crippen LogP contribution in [0.25, 0.3) is 0 Å². The number of carbonyl (C=O) groups is 1. The van der Waals surface area contributed by atoms with Gasteiger partial charge in [0.2, 0.25) is 5.91 Å². The van der Waals surface area contributed by atoms with E-state index in [2.05, 4.69) is 19.9 Å². The Labute approximate surface area is 138 Å². The first-order chi connectivity index (χ1) is 11.0. The van der Waals surface area contributed by atoms with Gasteiger partial charge in [0, 0.05) is 25.4 Å². The number of nitrogens with zero attached hydrogens (tertiary/aromatic N) is 2. The molecule has 1 atom stereocenters. The molecule has 124 valence electrons. The molecule has 0 aromatic heterocycles. The van der Waals surface area contributed by atoms with E-state index in [9.17, 15) is 10.1 Å². The fraction of sp³-hybridized carbons (Fsp3) is 0.556. The zero-order valence-corrected chi connectivity index (χ0v) is 13.9. The van der Waals surface area contributed by atoms with Crippen LogP contribution < -0.4 is 10.5 Å². The van der Waals surface area contributed by atoms with Crippen LogP contribution in [-0.4, -0.2) is 30.5 Å². The highest BCUT2D eigenvalue weighted by Crippen LogP contribution is 2.25. The Bertz CT molecular complexity index is 592. The van der Waals surface area contributed by atoms with E-state index >= 15 is 0 Å². The number of anilines is 1. The van der Waals surface area contributed by atoms with Crippen LogP contribution in [-0.2, 0) is 4.79 Å². The number of nitrogen functional groups attached to an aromatic ring is 1. The molecule has 0 spiro atoms. The van der Waals surface area contributed by atoms with Gasteiger partial charge in [-0.25, -0.2) is 0 Å². The molecule has 0 aliphatic carbocycles. The lowest BCUT2D eigenvalue weighted by molar-refractivity contribution is -0.134. The summed E-state index contributed by atoms with van der Waals surface area (Å²) in [5, 5.41) is 9.17. The number of likely N-dealkylation sites (tertiary alicyclic amines) is 1. The molecule has 23 heavy (non-hydrogen) atoms. The molecule has 0 saturated carbocycles.